The number of hydrogen-bond donors (Lipinski definition) is 2. The number of amides is 1. The molecule has 1 amide bonds. The summed E-state index contributed by atoms with van der Waals surface area (Å²) in [5, 5.41) is 0.719. The molecule has 24 heavy (non-hydrogen) atoms. The first-order valence-electron chi connectivity index (χ1n) is 6.42. The first-order chi connectivity index (χ1) is 11.3. The summed E-state index contributed by atoms with van der Waals surface area (Å²) in [6, 6.07) is 10.4. The van der Waals surface area contributed by atoms with Crippen molar-refractivity contribution < 1.29 is 17.9 Å². The molecule has 0 heterocycles. The highest BCUT2D eigenvalue weighted by molar-refractivity contribution is 9.10. The minimum absolute atomic E-state index is 0.0379. The van der Waals surface area contributed by atoms with Crippen molar-refractivity contribution in [1.29, 1.82) is 0 Å². The molecule has 0 spiro atoms. The Morgan fingerprint density at radius 1 is 1.12 bits per heavy atom. The average molecular weight is 454 g/mol. The van der Waals surface area contributed by atoms with Crippen molar-refractivity contribution in [2.75, 3.05) is 6.61 Å². The molecule has 2 aromatic rings. The Morgan fingerprint density at radius 3 is 2.42 bits per heavy atom. The van der Waals surface area contributed by atoms with Crippen molar-refractivity contribution in [3.63, 3.8) is 0 Å². The number of ether oxygens (including phenoxy) is 1. The highest BCUT2D eigenvalue weighted by atomic mass is 79.9. The lowest BCUT2D eigenvalue weighted by Gasteiger charge is -2.10. The van der Waals surface area contributed by atoms with Crippen molar-refractivity contribution in [2.45, 2.75) is 4.90 Å². The van der Waals surface area contributed by atoms with E-state index in [0.717, 1.165) is 4.47 Å². The molecule has 10 heteroatoms. The van der Waals surface area contributed by atoms with Gasteiger partial charge in [0.2, 0.25) is 0 Å². The number of hydrogen-bond acceptors (Lipinski definition) is 4. The SMILES string of the molecule is O=C(COc1ccc(Br)cc1Cl)NNS(=O)(=O)c1ccc(Cl)cc1. The number of carbonyl (C=O) groups excluding carboxylic acids is 1. The van der Waals surface area contributed by atoms with Gasteiger partial charge in [-0.05, 0) is 42.5 Å². The minimum Gasteiger partial charge on any atom is -0.482 e. The summed E-state index contributed by atoms with van der Waals surface area (Å²) < 4.78 is 29.9. The van der Waals surface area contributed by atoms with E-state index in [9.17, 15) is 13.2 Å². The van der Waals surface area contributed by atoms with Crippen LogP contribution in [-0.2, 0) is 14.8 Å². The van der Waals surface area contributed by atoms with E-state index in [4.69, 9.17) is 27.9 Å². The molecule has 0 aliphatic carbocycles. The normalized spacial score (nSPS) is 11.1. The molecule has 2 rings (SSSR count). The average Bonchev–Trinajstić information content (AvgIpc) is 2.52. The maximum atomic E-state index is 12.0. The molecule has 0 aliphatic rings. The van der Waals surface area contributed by atoms with Crippen LogP contribution in [0.2, 0.25) is 10.0 Å². The third-order valence-electron chi connectivity index (χ3n) is 2.70. The summed E-state index contributed by atoms with van der Waals surface area (Å²) in [6.07, 6.45) is 0. The van der Waals surface area contributed by atoms with E-state index in [1.54, 1.807) is 18.2 Å². The van der Waals surface area contributed by atoms with E-state index in [1.165, 1.54) is 24.3 Å². The number of halogens is 3. The fourth-order valence-electron chi connectivity index (χ4n) is 1.57. The lowest BCUT2D eigenvalue weighted by Crippen LogP contribution is -2.43. The molecule has 0 bridgehead atoms. The van der Waals surface area contributed by atoms with Gasteiger partial charge in [0.15, 0.2) is 6.61 Å². The Labute approximate surface area is 157 Å². The topological polar surface area (TPSA) is 84.5 Å². The Morgan fingerprint density at radius 2 is 1.79 bits per heavy atom. The molecule has 0 aliphatic heterocycles. The Bertz CT molecular complexity index is 844. The molecule has 0 atom stereocenters. The fourth-order valence-corrected chi connectivity index (χ4v) is 3.28. The predicted octanol–water partition coefficient (Wildman–Crippen LogP) is 3.14. The van der Waals surface area contributed by atoms with Crippen molar-refractivity contribution >= 4 is 55.1 Å². The van der Waals surface area contributed by atoms with E-state index in [2.05, 4.69) is 15.9 Å². The summed E-state index contributed by atoms with van der Waals surface area (Å²) >= 11 is 14.9. The molecule has 0 unspecified atom stereocenters. The molecule has 0 aromatic heterocycles. The van der Waals surface area contributed by atoms with Gasteiger partial charge in [-0.1, -0.05) is 39.1 Å². The summed E-state index contributed by atoms with van der Waals surface area (Å²) in [4.78, 5) is 13.6. The van der Waals surface area contributed by atoms with Crippen LogP contribution >= 0.6 is 39.1 Å². The largest absolute Gasteiger partial charge is 0.482 e. The van der Waals surface area contributed by atoms with Crippen LogP contribution in [0.25, 0.3) is 0 Å². The second kappa shape index (κ2) is 8.17. The monoisotopic (exact) mass is 452 g/mol. The van der Waals surface area contributed by atoms with Crippen molar-refractivity contribution in [2.24, 2.45) is 0 Å². The fraction of sp³-hybridized carbons (Fsp3) is 0.0714. The second-order valence-electron chi connectivity index (χ2n) is 4.47. The van der Waals surface area contributed by atoms with Crippen LogP contribution in [0, 0.1) is 0 Å². The number of sulfonamides is 1. The molecule has 0 saturated heterocycles. The van der Waals surface area contributed by atoms with Gasteiger partial charge in [-0.3, -0.25) is 10.2 Å². The lowest BCUT2D eigenvalue weighted by atomic mass is 10.3. The van der Waals surface area contributed by atoms with E-state index >= 15 is 0 Å². The van der Waals surface area contributed by atoms with Crippen LogP contribution in [0.15, 0.2) is 51.8 Å². The molecule has 2 aromatic carbocycles. The molecule has 0 fully saturated rings. The van der Waals surface area contributed by atoms with Crippen LogP contribution in [0.1, 0.15) is 0 Å². The highest BCUT2D eigenvalue weighted by Crippen LogP contribution is 2.27. The van der Waals surface area contributed by atoms with Gasteiger partial charge in [0.1, 0.15) is 5.75 Å². The Hall–Kier alpha value is -1.32. The molecule has 0 radical (unpaired) electrons. The number of carbonyl (C=O) groups is 1. The van der Waals surface area contributed by atoms with Crippen LogP contribution in [0.3, 0.4) is 0 Å². The van der Waals surface area contributed by atoms with Gasteiger partial charge in [0.25, 0.3) is 15.9 Å². The third-order valence-corrected chi connectivity index (χ3v) is 5.01. The summed E-state index contributed by atoms with van der Waals surface area (Å²) in [6.45, 7) is -0.412. The molecule has 6 nitrogen and oxygen atoms in total. The first-order valence-corrected chi connectivity index (χ1v) is 9.45. The third kappa shape index (κ3) is 5.35. The lowest BCUT2D eigenvalue weighted by molar-refractivity contribution is -0.123. The van der Waals surface area contributed by atoms with E-state index in [1.807, 2.05) is 10.3 Å². The molecular formula is C14H11BrCl2N2O4S. The quantitative estimate of drug-likeness (QED) is 0.658. The van der Waals surface area contributed by atoms with Crippen LogP contribution in [0.4, 0.5) is 0 Å². The highest BCUT2D eigenvalue weighted by Gasteiger charge is 2.15. The van der Waals surface area contributed by atoms with Gasteiger partial charge in [0, 0.05) is 9.50 Å². The van der Waals surface area contributed by atoms with Gasteiger partial charge in [-0.15, -0.1) is 4.83 Å². The van der Waals surface area contributed by atoms with E-state index in [0.29, 0.717) is 15.8 Å². The van der Waals surface area contributed by atoms with Crippen molar-refractivity contribution in [1.82, 2.24) is 10.3 Å². The molecular weight excluding hydrogens is 443 g/mol. The number of benzene rings is 2. The maximum absolute atomic E-state index is 12.0. The summed E-state index contributed by atoms with van der Waals surface area (Å²) in [7, 11) is -3.90. The van der Waals surface area contributed by atoms with Crippen LogP contribution in [0.5, 0.6) is 5.75 Å². The molecule has 0 saturated carbocycles. The standard InChI is InChI=1S/C14H11BrCl2N2O4S/c15-9-1-6-13(12(17)7-9)23-8-14(20)18-19-24(21,22)11-4-2-10(16)3-5-11/h1-7,19H,8H2,(H,18,20). The first kappa shape index (κ1) is 19.0. The van der Waals surface area contributed by atoms with Crippen LogP contribution in [-0.4, -0.2) is 20.9 Å². The zero-order valence-electron chi connectivity index (χ0n) is 11.9. The van der Waals surface area contributed by atoms with E-state index in [-0.39, 0.29) is 4.90 Å². The zero-order valence-corrected chi connectivity index (χ0v) is 15.8. The predicted molar refractivity (Wildman–Crippen MR) is 94.6 cm³/mol. The van der Waals surface area contributed by atoms with Gasteiger partial charge in [0.05, 0.1) is 9.92 Å². The molecule has 128 valence electrons. The second-order valence-corrected chi connectivity index (χ2v) is 7.91. The summed E-state index contributed by atoms with van der Waals surface area (Å²) in [5.41, 5.74) is 2.05. The van der Waals surface area contributed by atoms with Crippen molar-refractivity contribution in [3.8, 4) is 5.75 Å². The van der Waals surface area contributed by atoms with Gasteiger partial charge >= 0.3 is 0 Å². The number of rotatable bonds is 6. The minimum atomic E-state index is -3.90. The molecule has 2 N–H and O–H groups in total. The number of hydrazine groups is 1. The number of nitrogens with one attached hydrogen (secondary N) is 2. The maximum Gasteiger partial charge on any atom is 0.272 e. The van der Waals surface area contributed by atoms with Gasteiger partial charge < -0.3 is 4.74 Å². The Balaban J connectivity index is 1.89. The summed E-state index contributed by atoms with van der Waals surface area (Å²) in [5.74, 6) is -0.387. The van der Waals surface area contributed by atoms with Gasteiger partial charge in [-0.25, -0.2) is 8.42 Å². The van der Waals surface area contributed by atoms with Crippen molar-refractivity contribution in [3.05, 3.63) is 57.0 Å². The van der Waals surface area contributed by atoms with Crippen LogP contribution < -0.4 is 15.0 Å². The zero-order chi connectivity index (χ0) is 17.7. The smallest absolute Gasteiger partial charge is 0.272 e. The Kier molecular flexibility index (Phi) is 6.47. The van der Waals surface area contributed by atoms with E-state index < -0.39 is 22.5 Å². The van der Waals surface area contributed by atoms with Gasteiger partial charge in [-0.2, -0.15) is 0 Å².